The fourth-order valence-electron chi connectivity index (χ4n) is 9.28. The first kappa shape index (κ1) is 43.0. The Bertz CT molecular complexity index is 2800. The molecule has 0 fully saturated rings. The summed E-state index contributed by atoms with van der Waals surface area (Å²) in [6.45, 7) is 31.6. The molecule has 5 aromatic carbocycles. The van der Waals surface area contributed by atoms with Crippen LogP contribution < -0.4 is 4.74 Å². The number of rotatable bonds is 9. The molecule has 7 aromatic rings. The Kier molecular flexibility index (Phi) is 10.8. The fourth-order valence-corrected chi connectivity index (χ4v) is 9.28. The van der Waals surface area contributed by atoms with E-state index >= 15 is 0 Å². The molecular weight excluding hydrogens is 759 g/mol. The third-order valence-corrected chi connectivity index (χ3v) is 13.5. The zero-order valence-corrected chi connectivity index (χ0v) is 39.4. The molecule has 62 heavy (non-hydrogen) atoms. The average molecular weight is 824 g/mol. The maximum Gasteiger partial charge on any atom is 0.217 e. The highest BCUT2D eigenvalue weighted by molar-refractivity contribution is 6.10. The Balaban J connectivity index is 1.33. The van der Waals surface area contributed by atoms with Crippen molar-refractivity contribution in [2.24, 2.45) is 10.9 Å². The van der Waals surface area contributed by atoms with Gasteiger partial charge in [0.25, 0.3) is 0 Å². The molecule has 0 amide bonds. The van der Waals surface area contributed by atoms with E-state index in [4.69, 9.17) is 19.5 Å². The maximum atomic E-state index is 7.16. The van der Waals surface area contributed by atoms with Crippen molar-refractivity contribution in [2.45, 2.75) is 131 Å². The van der Waals surface area contributed by atoms with Gasteiger partial charge in [-0.1, -0.05) is 138 Å². The minimum Gasteiger partial charge on any atom is -0.464 e. The van der Waals surface area contributed by atoms with E-state index < -0.39 is 11.1 Å². The molecule has 0 N–H and O–H groups in total. The van der Waals surface area contributed by atoms with Crippen LogP contribution in [0.2, 0.25) is 0 Å². The summed E-state index contributed by atoms with van der Waals surface area (Å²) in [5.41, 5.74) is 10.4. The number of hydrogen-bond acceptors (Lipinski definition) is 4. The van der Waals surface area contributed by atoms with Crippen LogP contribution in [0, 0.1) is 5.92 Å². The van der Waals surface area contributed by atoms with Crippen LogP contribution in [0.1, 0.15) is 142 Å². The fraction of sp³-hybridized carbons (Fsp3) is 0.368. The van der Waals surface area contributed by atoms with Gasteiger partial charge in [0, 0.05) is 28.6 Å². The molecule has 0 saturated heterocycles. The molecule has 1 aliphatic rings. The molecular formula is C57H65N3O2. The number of benzene rings is 5. The number of aromatic nitrogens is 2. The molecule has 5 heteroatoms. The van der Waals surface area contributed by atoms with Gasteiger partial charge in [0.15, 0.2) is 5.60 Å². The Hall–Kier alpha value is -5.68. The van der Waals surface area contributed by atoms with Crippen molar-refractivity contribution < 1.29 is 9.47 Å². The standard InChI is InChI=1S/C57H65N3O2/c1-35(2)45-21-18-22-46(36(3)4)52(45)38-29-39(53-59-56(13,37(5)6)57(14,62-53)40-19-16-15-17-20-40)31-44(30-38)61-43-24-25-47-48-32-41(54(7,8)9)23-26-49(48)60(50(47)34-43)51-33-42(27-28-58-51)55(10,11)12/h15-37H,1-14H3/t56-,57-/m1/s1. The van der Waals surface area contributed by atoms with Gasteiger partial charge in [0.2, 0.25) is 5.90 Å². The SMILES string of the molecule is CC(C)c1cccc(C(C)C)c1-c1cc(Oc2ccc3c4cc(C(C)(C)C)ccc4n(-c4cc(C(C)(C)C)ccn4)c3c2)cc(C2=N[C@](C)(C(C)C)[C@@](C)(c3ccccc3)O2)c1. The van der Waals surface area contributed by atoms with Gasteiger partial charge < -0.3 is 9.47 Å². The number of fused-ring (bicyclic) bond motifs is 3. The van der Waals surface area contributed by atoms with Crippen LogP contribution in [-0.4, -0.2) is 21.0 Å². The van der Waals surface area contributed by atoms with Crippen molar-refractivity contribution in [3.63, 3.8) is 0 Å². The van der Waals surface area contributed by atoms with Gasteiger partial charge in [-0.25, -0.2) is 9.98 Å². The van der Waals surface area contributed by atoms with Crippen molar-refractivity contribution in [3.8, 4) is 28.4 Å². The molecule has 8 rings (SSSR count). The molecule has 0 radical (unpaired) electrons. The summed E-state index contributed by atoms with van der Waals surface area (Å²) >= 11 is 0. The monoisotopic (exact) mass is 824 g/mol. The van der Waals surface area contributed by atoms with Gasteiger partial charge in [-0.05, 0) is 136 Å². The van der Waals surface area contributed by atoms with Crippen LogP contribution >= 0.6 is 0 Å². The first-order valence-corrected chi connectivity index (χ1v) is 22.6. The molecule has 0 bridgehead atoms. The van der Waals surface area contributed by atoms with Crippen molar-refractivity contribution in [2.75, 3.05) is 0 Å². The second-order valence-corrected chi connectivity index (χ2v) is 20.8. The van der Waals surface area contributed by atoms with Gasteiger partial charge >= 0.3 is 0 Å². The van der Waals surface area contributed by atoms with Gasteiger partial charge in [-0.2, -0.15) is 0 Å². The minimum atomic E-state index is -0.683. The molecule has 2 atom stereocenters. The summed E-state index contributed by atoms with van der Waals surface area (Å²) in [6, 6.07) is 41.6. The molecule has 3 heterocycles. The molecule has 0 spiro atoms. The minimum absolute atomic E-state index is 0.000876. The van der Waals surface area contributed by atoms with Crippen molar-refractivity contribution in [1.82, 2.24) is 9.55 Å². The Morgan fingerprint density at radius 1 is 0.597 bits per heavy atom. The van der Waals surface area contributed by atoms with E-state index in [1.165, 1.54) is 33.2 Å². The molecule has 5 nitrogen and oxygen atoms in total. The summed E-state index contributed by atoms with van der Waals surface area (Å²) in [4.78, 5) is 10.5. The second-order valence-electron chi connectivity index (χ2n) is 20.8. The van der Waals surface area contributed by atoms with Gasteiger partial charge in [0.05, 0.1) is 11.0 Å². The first-order chi connectivity index (χ1) is 29.2. The molecule has 0 saturated carbocycles. The van der Waals surface area contributed by atoms with E-state index in [1.54, 1.807) is 0 Å². The lowest BCUT2D eigenvalue weighted by molar-refractivity contribution is 0.00858. The zero-order valence-electron chi connectivity index (χ0n) is 39.4. The van der Waals surface area contributed by atoms with E-state index in [-0.39, 0.29) is 16.7 Å². The second kappa shape index (κ2) is 15.6. The van der Waals surface area contributed by atoms with Crippen LogP contribution in [0.15, 0.2) is 126 Å². The van der Waals surface area contributed by atoms with Gasteiger partial charge in [-0.3, -0.25) is 4.57 Å². The summed E-state index contributed by atoms with van der Waals surface area (Å²) in [5, 5.41) is 2.36. The summed E-state index contributed by atoms with van der Waals surface area (Å²) < 4.78 is 16.5. The van der Waals surface area contributed by atoms with E-state index in [1.807, 2.05) is 6.20 Å². The number of hydrogen-bond donors (Lipinski definition) is 0. The normalized spacial score (nSPS) is 18.3. The van der Waals surface area contributed by atoms with E-state index in [2.05, 4.69) is 217 Å². The molecule has 2 aromatic heterocycles. The molecule has 0 aliphatic carbocycles. The molecule has 320 valence electrons. The summed E-state index contributed by atoms with van der Waals surface area (Å²) in [7, 11) is 0. The summed E-state index contributed by atoms with van der Waals surface area (Å²) in [6.07, 6.45) is 1.94. The van der Waals surface area contributed by atoms with Crippen LogP contribution in [0.3, 0.4) is 0 Å². The number of ether oxygens (including phenoxy) is 2. The highest BCUT2D eigenvalue weighted by Crippen LogP contribution is 2.50. The topological polar surface area (TPSA) is 48.6 Å². The number of nitrogens with zero attached hydrogens (tertiary/aromatic N) is 3. The van der Waals surface area contributed by atoms with Crippen LogP contribution in [-0.2, 0) is 21.2 Å². The Labute approximate surface area is 370 Å². The molecule has 0 unspecified atom stereocenters. The van der Waals surface area contributed by atoms with Gasteiger partial charge in [-0.15, -0.1) is 0 Å². The van der Waals surface area contributed by atoms with E-state index in [9.17, 15) is 0 Å². The van der Waals surface area contributed by atoms with Gasteiger partial charge in [0.1, 0.15) is 22.9 Å². The maximum absolute atomic E-state index is 7.16. The van der Waals surface area contributed by atoms with Crippen molar-refractivity contribution in [3.05, 3.63) is 155 Å². The summed E-state index contributed by atoms with van der Waals surface area (Å²) in [5.74, 6) is 3.81. The zero-order chi connectivity index (χ0) is 44.5. The quantitative estimate of drug-likeness (QED) is 0.146. The average Bonchev–Trinajstić information content (AvgIpc) is 3.71. The predicted octanol–water partition coefficient (Wildman–Crippen LogP) is 15.6. The van der Waals surface area contributed by atoms with Crippen LogP contribution in [0.5, 0.6) is 11.5 Å². The van der Waals surface area contributed by atoms with E-state index in [0.717, 1.165) is 50.4 Å². The highest BCUT2D eigenvalue weighted by atomic mass is 16.5. The first-order valence-electron chi connectivity index (χ1n) is 22.6. The Morgan fingerprint density at radius 3 is 1.87 bits per heavy atom. The largest absolute Gasteiger partial charge is 0.464 e. The van der Waals surface area contributed by atoms with E-state index in [0.29, 0.717) is 17.7 Å². The van der Waals surface area contributed by atoms with Crippen LogP contribution in [0.4, 0.5) is 0 Å². The Morgan fingerprint density at radius 2 is 1.24 bits per heavy atom. The van der Waals surface area contributed by atoms with Crippen LogP contribution in [0.25, 0.3) is 38.8 Å². The lowest BCUT2D eigenvalue weighted by Gasteiger charge is -2.40. The number of aliphatic imine (C=N–C) groups is 1. The smallest absolute Gasteiger partial charge is 0.217 e. The lowest BCUT2D eigenvalue weighted by atomic mass is 9.72. The highest BCUT2D eigenvalue weighted by Gasteiger charge is 2.55. The number of pyridine rings is 1. The molecule has 1 aliphatic heterocycles. The third kappa shape index (κ3) is 7.52. The van der Waals surface area contributed by atoms with Crippen molar-refractivity contribution in [1.29, 1.82) is 0 Å². The predicted molar refractivity (Wildman–Crippen MR) is 261 cm³/mol. The third-order valence-electron chi connectivity index (χ3n) is 13.5. The van der Waals surface area contributed by atoms with Crippen molar-refractivity contribution >= 4 is 27.7 Å². The lowest BCUT2D eigenvalue weighted by Crippen LogP contribution is -2.47.